The van der Waals surface area contributed by atoms with E-state index in [1.54, 1.807) is 24.3 Å². The molecule has 1 fully saturated rings. The molecule has 2 amide bonds. The highest BCUT2D eigenvalue weighted by molar-refractivity contribution is 6.30. The molecule has 1 saturated carbocycles. The zero-order chi connectivity index (χ0) is 17.0. The minimum atomic E-state index is -0.953. The molecule has 7 heteroatoms. The van der Waals surface area contributed by atoms with Crippen LogP contribution in [0.3, 0.4) is 0 Å². The molecule has 2 rings (SSSR count). The molecule has 1 aliphatic rings. The van der Waals surface area contributed by atoms with Crippen LogP contribution in [0.1, 0.15) is 19.8 Å². The van der Waals surface area contributed by atoms with Crippen LogP contribution in [0.2, 0.25) is 5.02 Å². The average molecular weight is 339 g/mol. The molecule has 1 aromatic rings. The van der Waals surface area contributed by atoms with E-state index in [-0.39, 0.29) is 18.4 Å². The van der Waals surface area contributed by atoms with Crippen molar-refractivity contribution in [2.24, 2.45) is 11.8 Å². The van der Waals surface area contributed by atoms with Gasteiger partial charge in [0.15, 0.2) is 0 Å². The summed E-state index contributed by atoms with van der Waals surface area (Å²) in [6.07, 6.45) is 1.05. The number of nitrogens with zero attached hydrogens (tertiary/aromatic N) is 1. The van der Waals surface area contributed by atoms with Gasteiger partial charge in [-0.1, -0.05) is 18.5 Å². The van der Waals surface area contributed by atoms with Gasteiger partial charge in [0.1, 0.15) is 0 Å². The summed E-state index contributed by atoms with van der Waals surface area (Å²) in [6, 6.07) is 6.67. The molecule has 2 N–H and O–H groups in total. The number of halogens is 1. The maximum atomic E-state index is 12.3. The lowest BCUT2D eigenvalue weighted by molar-refractivity contribution is -0.142. The van der Waals surface area contributed by atoms with E-state index in [2.05, 4.69) is 5.32 Å². The summed E-state index contributed by atoms with van der Waals surface area (Å²) in [6.45, 7) is 2.24. The van der Waals surface area contributed by atoms with E-state index < -0.39 is 17.8 Å². The monoisotopic (exact) mass is 338 g/mol. The molecule has 124 valence electrons. The number of aliphatic carboxylic acids is 1. The number of amides is 2. The first-order chi connectivity index (χ1) is 10.9. The quantitative estimate of drug-likeness (QED) is 0.798. The van der Waals surface area contributed by atoms with Gasteiger partial charge in [0, 0.05) is 17.3 Å². The molecular formula is C16H19ClN2O4. The highest BCUT2D eigenvalue weighted by atomic mass is 35.5. The summed E-state index contributed by atoms with van der Waals surface area (Å²) in [5.41, 5.74) is 0.595. The van der Waals surface area contributed by atoms with E-state index in [1.165, 1.54) is 4.90 Å². The topological polar surface area (TPSA) is 86.7 Å². The third-order valence-corrected chi connectivity index (χ3v) is 3.94. The fraction of sp³-hybridized carbons (Fsp3) is 0.438. The summed E-state index contributed by atoms with van der Waals surface area (Å²) < 4.78 is 0. The highest BCUT2D eigenvalue weighted by Crippen LogP contribution is 2.40. The minimum Gasteiger partial charge on any atom is -0.481 e. The van der Waals surface area contributed by atoms with Gasteiger partial charge in [0.2, 0.25) is 11.8 Å². The first kappa shape index (κ1) is 17.3. The van der Waals surface area contributed by atoms with Gasteiger partial charge in [0.25, 0.3) is 0 Å². The number of hydrogen-bond acceptors (Lipinski definition) is 3. The van der Waals surface area contributed by atoms with Crippen LogP contribution in [0.4, 0.5) is 5.69 Å². The van der Waals surface area contributed by atoms with Crippen molar-refractivity contribution in [3.8, 4) is 0 Å². The summed E-state index contributed by atoms with van der Waals surface area (Å²) in [7, 11) is 0. The Labute approximate surface area is 139 Å². The van der Waals surface area contributed by atoms with Crippen LogP contribution >= 0.6 is 11.6 Å². The van der Waals surface area contributed by atoms with Crippen molar-refractivity contribution < 1.29 is 19.5 Å². The lowest BCUT2D eigenvalue weighted by Crippen LogP contribution is -2.39. The van der Waals surface area contributed by atoms with Crippen molar-refractivity contribution in [1.82, 2.24) is 4.90 Å². The van der Waals surface area contributed by atoms with Crippen molar-refractivity contribution in [3.63, 3.8) is 0 Å². The van der Waals surface area contributed by atoms with E-state index in [4.69, 9.17) is 16.7 Å². The maximum absolute atomic E-state index is 12.3. The number of rotatable bonds is 7. The molecule has 0 heterocycles. The Balaban J connectivity index is 1.93. The Kier molecular flexibility index (Phi) is 5.60. The molecule has 0 radical (unpaired) electrons. The third kappa shape index (κ3) is 4.69. The van der Waals surface area contributed by atoms with Crippen molar-refractivity contribution in [3.05, 3.63) is 29.3 Å². The fourth-order valence-electron chi connectivity index (χ4n) is 2.42. The van der Waals surface area contributed by atoms with Crippen LogP contribution in [0, 0.1) is 11.8 Å². The second kappa shape index (κ2) is 7.46. The summed E-state index contributed by atoms with van der Waals surface area (Å²) in [5.74, 6) is -2.64. The van der Waals surface area contributed by atoms with Gasteiger partial charge in [-0.2, -0.15) is 0 Å². The van der Waals surface area contributed by atoms with Gasteiger partial charge >= 0.3 is 5.97 Å². The molecule has 0 bridgehead atoms. The van der Waals surface area contributed by atoms with E-state index in [1.807, 2.05) is 6.92 Å². The molecule has 23 heavy (non-hydrogen) atoms. The van der Waals surface area contributed by atoms with Gasteiger partial charge in [0.05, 0.1) is 18.4 Å². The Morgan fingerprint density at radius 2 is 1.91 bits per heavy atom. The number of hydrogen-bond donors (Lipinski definition) is 2. The van der Waals surface area contributed by atoms with Crippen molar-refractivity contribution in [2.75, 3.05) is 18.4 Å². The van der Waals surface area contributed by atoms with Gasteiger partial charge in [-0.25, -0.2) is 0 Å². The van der Waals surface area contributed by atoms with Crippen LogP contribution in [-0.2, 0) is 14.4 Å². The number of benzene rings is 1. The SMILES string of the molecule is CCCN(CC(=O)Nc1ccc(Cl)cc1)C(=O)C1CC1C(=O)O. The Hall–Kier alpha value is -2.08. The molecule has 0 spiro atoms. The first-order valence-corrected chi connectivity index (χ1v) is 7.87. The van der Waals surface area contributed by atoms with Crippen LogP contribution < -0.4 is 5.32 Å². The molecule has 0 aliphatic heterocycles. The maximum Gasteiger partial charge on any atom is 0.307 e. The number of carboxylic acids is 1. The highest BCUT2D eigenvalue weighted by Gasteiger charge is 2.49. The van der Waals surface area contributed by atoms with Gasteiger partial charge in [-0.15, -0.1) is 0 Å². The lowest BCUT2D eigenvalue weighted by Gasteiger charge is -2.21. The standard InChI is InChI=1S/C16H19ClN2O4/c1-2-7-19(15(21)12-8-13(12)16(22)23)9-14(20)18-11-5-3-10(17)4-6-11/h3-6,12-13H,2,7-9H2,1H3,(H,18,20)(H,22,23). The molecular weight excluding hydrogens is 320 g/mol. The van der Waals surface area contributed by atoms with E-state index in [9.17, 15) is 14.4 Å². The molecule has 0 aromatic heterocycles. The molecule has 1 aromatic carbocycles. The largest absolute Gasteiger partial charge is 0.481 e. The van der Waals surface area contributed by atoms with E-state index in [0.717, 1.165) is 0 Å². The Bertz CT molecular complexity index is 603. The fourth-order valence-corrected chi connectivity index (χ4v) is 2.55. The Morgan fingerprint density at radius 3 is 2.43 bits per heavy atom. The smallest absolute Gasteiger partial charge is 0.307 e. The van der Waals surface area contributed by atoms with E-state index in [0.29, 0.717) is 30.1 Å². The molecule has 1 aliphatic carbocycles. The van der Waals surface area contributed by atoms with Crippen LogP contribution in [0.25, 0.3) is 0 Å². The summed E-state index contributed by atoms with van der Waals surface area (Å²) >= 11 is 5.78. The lowest BCUT2D eigenvalue weighted by atomic mass is 10.2. The predicted molar refractivity (Wildman–Crippen MR) is 86.2 cm³/mol. The van der Waals surface area contributed by atoms with Crippen molar-refractivity contribution in [1.29, 1.82) is 0 Å². The van der Waals surface area contributed by atoms with Gasteiger partial charge in [-0.05, 0) is 37.1 Å². The summed E-state index contributed by atoms with van der Waals surface area (Å²) in [5, 5.41) is 12.2. The number of carbonyl (C=O) groups is 3. The predicted octanol–water partition coefficient (Wildman–Crippen LogP) is 2.24. The minimum absolute atomic E-state index is 0.0852. The van der Waals surface area contributed by atoms with Gasteiger partial charge in [-0.3, -0.25) is 14.4 Å². The second-order valence-corrected chi connectivity index (χ2v) is 6.04. The van der Waals surface area contributed by atoms with Crippen LogP contribution in [0.5, 0.6) is 0 Å². The number of carboxylic acid groups (broad SMARTS) is 1. The summed E-state index contributed by atoms with van der Waals surface area (Å²) in [4.78, 5) is 36.7. The number of anilines is 1. The van der Waals surface area contributed by atoms with Crippen molar-refractivity contribution >= 4 is 35.1 Å². The van der Waals surface area contributed by atoms with Gasteiger partial charge < -0.3 is 15.3 Å². The molecule has 6 nitrogen and oxygen atoms in total. The van der Waals surface area contributed by atoms with Crippen LogP contribution in [0.15, 0.2) is 24.3 Å². The molecule has 0 saturated heterocycles. The Morgan fingerprint density at radius 1 is 1.26 bits per heavy atom. The zero-order valence-corrected chi connectivity index (χ0v) is 13.5. The van der Waals surface area contributed by atoms with E-state index >= 15 is 0 Å². The normalized spacial score (nSPS) is 19.0. The zero-order valence-electron chi connectivity index (χ0n) is 12.8. The van der Waals surface area contributed by atoms with Crippen LogP contribution in [-0.4, -0.2) is 40.9 Å². The third-order valence-electron chi connectivity index (χ3n) is 3.69. The first-order valence-electron chi connectivity index (χ1n) is 7.49. The average Bonchev–Trinajstić information content (AvgIpc) is 3.29. The number of nitrogens with one attached hydrogen (secondary N) is 1. The molecule has 2 atom stereocenters. The molecule has 2 unspecified atom stereocenters. The second-order valence-electron chi connectivity index (χ2n) is 5.60. The number of carbonyl (C=O) groups excluding carboxylic acids is 2. The van der Waals surface area contributed by atoms with Crippen molar-refractivity contribution in [2.45, 2.75) is 19.8 Å².